The van der Waals surface area contributed by atoms with Gasteiger partial charge in [-0.25, -0.2) is 0 Å². The van der Waals surface area contributed by atoms with Gasteiger partial charge in [-0.15, -0.1) is 21.5 Å². The minimum atomic E-state index is 1.08. The fourth-order valence-electron chi connectivity index (χ4n) is 2.65. The monoisotopic (exact) mass is 261 g/mol. The summed E-state index contributed by atoms with van der Waals surface area (Å²) >= 11 is 1.87. The molecule has 0 aromatic carbocycles. The predicted molar refractivity (Wildman–Crippen MR) is 75.0 cm³/mol. The van der Waals surface area contributed by atoms with Crippen molar-refractivity contribution in [1.29, 1.82) is 0 Å². The highest BCUT2D eigenvalue weighted by Crippen LogP contribution is 2.31. The molecule has 0 radical (unpaired) electrons. The van der Waals surface area contributed by atoms with Gasteiger partial charge in [0.25, 0.3) is 0 Å². The average Bonchev–Trinajstić information content (AvgIpc) is 2.85. The van der Waals surface area contributed by atoms with Gasteiger partial charge in [0.2, 0.25) is 0 Å². The Kier molecular flexibility index (Phi) is 3.20. The third-order valence-corrected chi connectivity index (χ3v) is 5.05. The summed E-state index contributed by atoms with van der Waals surface area (Å²) in [6.07, 6.45) is 6.01. The zero-order chi connectivity index (χ0) is 12.5. The van der Waals surface area contributed by atoms with Crippen LogP contribution in [0.2, 0.25) is 0 Å². The third-order valence-electron chi connectivity index (χ3n) is 3.67. The molecule has 18 heavy (non-hydrogen) atoms. The Morgan fingerprint density at radius 2 is 2.17 bits per heavy atom. The Morgan fingerprint density at radius 3 is 2.94 bits per heavy atom. The van der Waals surface area contributed by atoms with Crippen molar-refractivity contribution >= 4 is 11.3 Å². The van der Waals surface area contributed by atoms with Crippen LogP contribution in [0.15, 0.2) is 6.07 Å². The molecular weight excluding hydrogens is 242 g/mol. The molecule has 4 heteroatoms. The lowest BCUT2D eigenvalue weighted by Crippen LogP contribution is -2.02. The Morgan fingerprint density at radius 1 is 1.28 bits per heavy atom. The van der Waals surface area contributed by atoms with E-state index in [0.717, 1.165) is 25.2 Å². The van der Waals surface area contributed by atoms with Crippen LogP contribution in [0.3, 0.4) is 0 Å². The molecule has 0 saturated carbocycles. The highest BCUT2D eigenvalue weighted by atomic mass is 32.1. The summed E-state index contributed by atoms with van der Waals surface area (Å²) in [5.41, 5.74) is 1.39. The minimum Gasteiger partial charge on any atom is -0.310 e. The molecule has 0 amide bonds. The number of aryl methyl sites for hydroxylation is 3. The van der Waals surface area contributed by atoms with Gasteiger partial charge in [0, 0.05) is 17.8 Å². The Bertz CT molecular complexity index is 553. The number of rotatable bonds is 2. The first-order valence-corrected chi connectivity index (χ1v) is 7.63. The van der Waals surface area contributed by atoms with Gasteiger partial charge in [0.15, 0.2) is 5.82 Å². The molecule has 0 fully saturated rings. The number of nitrogens with zero attached hydrogens (tertiary/aromatic N) is 3. The van der Waals surface area contributed by atoms with Gasteiger partial charge in [-0.3, -0.25) is 0 Å². The maximum atomic E-state index is 4.42. The van der Waals surface area contributed by atoms with E-state index in [4.69, 9.17) is 0 Å². The second-order valence-corrected chi connectivity index (χ2v) is 6.11. The molecule has 2 aromatic rings. The van der Waals surface area contributed by atoms with E-state index in [9.17, 15) is 0 Å². The Balaban J connectivity index is 2.03. The normalized spacial score (nSPS) is 15.4. The van der Waals surface area contributed by atoms with Crippen LogP contribution in [0.5, 0.6) is 0 Å². The van der Waals surface area contributed by atoms with Crippen LogP contribution < -0.4 is 0 Å². The standard InChI is InChI=1S/C14H19N3S/c1-3-11-10(2)9-12(18-11)14-16-15-13-7-5-4-6-8-17(13)14/h9H,3-8H2,1-2H3. The Labute approximate surface area is 112 Å². The number of aromatic nitrogens is 3. The molecule has 0 saturated heterocycles. The number of thiophene rings is 1. The van der Waals surface area contributed by atoms with Gasteiger partial charge in [-0.05, 0) is 37.8 Å². The quantitative estimate of drug-likeness (QED) is 0.827. The number of fused-ring (bicyclic) bond motifs is 1. The lowest BCUT2D eigenvalue weighted by atomic mass is 10.2. The third kappa shape index (κ3) is 1.99. The molecular formula is C14H19N3S. The zero-order valence-corrected chi connectivity index (χ0v) is 11.9. The second-order valence-electron chi connectivity index (χ2n) is 4.97. The first-order valence-electron chi connectivity index (χ1n) is 6.81. The number of hydrogen-bond donors (Lipinski definition) is 0. The van der Waals surface area contributed by atoms with E-state index in [1.807, 2.05) is 11.3 Å². The maximum absolute atomic E-state index is 4.42. The van der Waals surface area contributed by atoms with E-state index in [2.05, 4.69) is 34.7 Å². The molecule has 3 nitrogen and oxygen atoms in total. The van der Waals surface area contributed by atoms with E-state index >= 15 is 0 Å². The van der Waals surface area contributed by atoms with Crippen molar-refractivity contribution in [3.05, 3.63) is 22.3 Å². The molecule has 1 aliphatic heterocycles. The lowest BCUT2D eigenvalue weighted by Gasteiger charge is -2.04. The minimum absolute atomic E-state index is 1.08. The fraction of sp³-hybridized carbons (Fsp3) is 0.571. The fourth-order valence-corrected chi connectivity index (χ4v) is 3.76. The lowest BCUT2D eigenvalue weighted by molar-refractivity contribution is 0.637. The number of hydrogen-bond acceptors (Lipinski definition) is 3. The summed E-state index contributed by atoms with van der Waals surface area (Å²) in [6.45, 7) is 5.49. The molecule has 96 valence electrons. The van der Waals surface area contributed by atoms with Crippen LogP contribution in [0.25, 0.3) is 10.7 Å². The SMILES string of the molecule is CCc1sc(-c2nnc3n2CCCCC3)cc1C. The maximum Gasteiger partial charge on any atom is 0.174 e. The van der Waals surface area contributed by atoms with Crippen LogP contribution in [0, 0.1) is 6.92 Å². The van der Waals surface area contributed by atoms with Crippen LogP contribution >= 0.6 is 11.3 Å². The van der Waals surface area contributed by atoms with Crippen LogP contribution in [0.4, 0.5) is 0 Å². The van der Waals surface area contributed by atoms with E-state index in [0.29, 0.717) is 0 Å². The van der Waals surface area contributed by atoms with Crippen molar-refractivity contribution in [3.8, 4) is 10.7 Å². The Hall–Kier alpha value is -1.16. The van der Waals surface area contributed by atoms with Crippen LogP contribution in [0.1, 0.15) is 42.5 Å². The highest BCUT2D eigenvalue weighted by Gasteiger charge is 2.17. The molecule has 0 unspecified atom stereocenters. The largest absolute Gasteiger partial charge is 0.310 e. The summed E-state index contributed by atoms with van der Waals surface area (Å²) in [7, 11) is 0. The molecule has 3 heterocycles. The molecule has 0 spiro atoms. The van der Waals surface area contributed by atoms with Crippen molar-refractivity contribution < 1.29 is 0 Å². The highest BCUT2D eigenvalue weighted by molar-refractivity contribution is 7.15. The summed E-state index contributed by atoms with van der Waals surface area (Å²) in [4.78, 5) is 2.75. The summed E-state index contributed by atoms with van der Waals surface area (Å²) in [5, 5.41) is 8.80. The van der Waals surface area contributed by atoms with Crippen molar-refractivity contribution in [2.45, 2.75) is 52.5 Å². The van der Waals surface area contributed by atoms with Gasteiger partial charge in [-0.2, -0.15) is 0 Å². The topological polar surface area (TPSA) is 30.7 Å². The van der Waals surface area contributed by atoms with Gasteiger partial charge in [0.05, 0.1) is 4.88 Å². The molecule has 3 rings (SSSR count). The van der Waals surface area contributed by atoms with Crippen molar-refractivity contribution in [1.82, 2.24) is 14.8 Å². The zero-order valence-electron chi connectivity index (χ0n) is 11.1. The van der Waals surface area contributed by atoms with Crippen LogP contribution in [-0.4, -0.2) is 14.8 Å². The summed E-state index contributed by atoms with van der Waals surface area (Å²) in [5.74, 6) is 2.26. The second kappa shape index (κ2) is 4.84. The van der Waals surface area contributed by atoms with E-state index in [1.165, 1.54) is 40.4 Å². The first-order chi connectivity index (χ1) is 8.79. The van der Waals surface area contributed by atoms with E-state index < -0.39 is 0 Å². The van der Waals surface area contributed by atoms with Gasteiger partial charge >= 0.3 is 0 Å². The average molecular weight is 261 g/mol. The van der Waals surface area contributed by atoms with Crippen LogP contribution in [-0.2, 0) is 19.4 Å². The van der Waals surface area contributed by atoms with E-state index in [-0.39, 0.29) is 0 Å². The summed E-state index contributed by atoms with van der Waals surface area (Å²) < 4.78 is 2.33. The molecule has 1 aliphatic rings. The smallest absolute Gasteiger partial charge is 0.174 e. The summed E-state index contributed by atoms with van der Waals surface area (Å²) in [6, 6.07) is 2.27. The molecule has 2 aromatic heterocycles. The molecule has 0 aliphatic carbocycles. The van der Waals surface area contributed by atoms with E-state index in [1.54, 1.807) is 0 Å². The van der Waals surface area contributed by atoms with Crippen molar-refractivity contribution in [2.75, 3.05) is 0 Å². The van der Waals surface area contributed by atoms with Gasteiger partial charge < -0.3 is 4.57 Å². The van der Waals surface area contributed by atoms with Gasteiger partial charge in [-0.1, -0.05) is 13.3 Å². The van der Waals surface area contributed by atoms with Gasteiger partial charge in [0.1, 0.15) is 5.82 Å². The first kappa shape index (κ1) is 11.9. The van der Waals surface area contributed by atoms with Crippen molar-refractivity contribution in [2.24, 2.45) is 0 Å². The molecule has 0 N–H and O–H groups in total. The predicted octanol–water partition coefficient (Wildman–Crippen LogP) is 3.60. The van der Waals surface area contributed by atoms with Crippen molar-refractivity contribution in [3.63, 3.8) is 0 Å². The molecule has 0 bridgehead atoms. The molecule has 0 atom stereocenters.